The molecule has 0 aliphatic carbocycles. The number of halogens is 2. The Balaban J connectivity index is 1.61. The van der Waals surface area contributed by atoms with E-state index in [1.54, 1.807) is 12.1 Å². The van der Waals surface area contributed by atoms with E-state index in [4.69, 9.17) is 11.6 Å². The first-order valence-electron chi connectivity index (χ1n) is 8.95. The molecule has 3 rings (SSSR count). The summed E-state index contributed by atoms with van der Waals surface area (Å²) < 4.78 is 13.0. The molecule has 1 heterocycles. The summed E-state index contributed by atoms with van der Waals surface area (Å²) in [5, 5.41) is 14.4. The van der Waals surface area contributed by atoms with Gasteiger partial charge in [0, 0.05) is 16.8 Å². The first-order chi connectivity index (χ1) is 13.3. The van der Waals surface area contributed by atoms with E-state index in [9.17, 15) is 19.3 Å². The van der Waals surface area contributed by atoms with E-state index in [0.29, 0.717) is 42.6 Å². The normalized spacial score (nSPS) is 15.9. The number of nitrogens with one attached hydrogen (secondary N) is 2. The van der Waals surface area contributed by atoms with Gasteiger partial charge in [-0.05, 0) is 43.3 Å². The van der Waals surface area contributed by atoms with Crippen molar-refractivity contribution in [2.24, 2.45) is 0 Å². The fraction of sp³-hybridized carbons (Fsp3) is 0.316. The molecule has 1 atom stereocenters. The van der Waals surface area contributed by atoms with E-state index < -0.39 is 4.92 Å². The van der Waals surface area contributed by atoms with Gasteiger partial charge in [0.15, 0.2) is 6.04 Å². The molecule has 1 amide bonds. The van der Waals surface area contributed by atoms with Gasteiger partial charge in [0.1, 0.15) is 11.5 Å². The van der Waals surface area contributed by atoms with Gasteiger partial charge in [0.2, 0.25) is 0 Å². The number of carbonyl (C=O) groups excluding carboxylic acids is 1. The summed E-state index contributed by atoms with van der Waals surface area (Å²) in [4.78, 5) is 26.4. The Labute approximate surface area is 166 Å². The lowest BCUT2D eigenvalue weighted by Crippen LogP contribution is -3.19. The van der Waals surface area contributed by atoms with Crippen LogP contribution in [0.1, 0.15) is 6.92 Å². The summed E-state index contributed by atoms with van der Waals surface area (Å²) in [6, 6.07) is 10.00. The maximum atomic E-state index is 13.0. The largest absolute Gasteiger partial charge is 0.355 e. The maximum Gasteiger partial charge on any atom is 0.294 e. The standard InChI is InChI=1S/C19H20ClFN4O3/c1-13(19(26)22-16-5-3-15(21)4-6-16)23-8-10-24(11-9-23)17-7-2-14(20)12-18(17)25(27)28/h2-7,12-13H,8-11H2,1H3,(H,22,26)/p+1/t13-/m0/s1. The predicted molar refractivity (Wildman–Crippen MR) is 106 cm³/mol. The monoisotopic (exact) mass is 407 g/mol. The van der Waals surface area contributed by atoms with Gasteiger partial charge in [-0.3, -0.25) is 14.9 Å². The molecule has 0 aromatic heterocycles. The number of hydrogen-bond acceptors (Lipinski definition) is 4. The first-order valence-corrected chi connectivity index (χ1v) is 9.33. The molecule has 1 saturated heterocycles. The average molecular weight is 408 g/mol. The van der Waals surface area contributed by atoms with Crippen molar-refractivity contribution in [2.45, 2.75) is 13.0 Å². The highest BCUT2D eigenvalue weighted by Crippen LogP contribution is 2.30. The zero-order valence-corrected chi connectivity index (χ0v) is 16.1. The minimum Gasteiger partial charge on any atom is -0.355 e. The molecule has 2 aromatic carbocycles. The molecule has 28 heavy (non-hydrogen) atoms. The zero-order chi connectivity index (χ0) is 20.3. The Morgan fingerprint density at radius 2 is 1.89 bits per heavy atom. The van der Waals surface area contributed by atoms with Crippen molar-refractivity contribution in [3.05, 3.63) is 63.4 Å². The lowest BCUT2D eigenvalue weighted by atomic mass is 10.1. The summed E-state index contributed by atoms with van der Waals surface area (Å²) in [6.45, 7) is 4.35. The summed E-state index contributed by atoms with van der Waals surface area (Å²) >= 11 is 5.88. The minimum absolute atomic E-state index is 0.0157. The number of piperazine rings is 1. The van der Waals surface area contributed by atoms with Crippen LogP contribution < -0.4 is 15.1 Å². The van der Waals surface area contributed by atoms with Crippen LogP contribution in [-0.2, 0) is 4.79 Å². The Morgan fingerprint density at radius 3 is 2.50 bits per heavy atom. The summed E-state index contributed by atoms with van der Waals surface area (Å²) in [7, 11) is 0. The Kier molecular flexibility index (Phi) is 6.11. The number of anilines is 2. The van der Waals surface area contributed by atoms with Crippen LogP contribution in [0.3, 0.4) is 0 Å². The minimum atomic E-state index is -0.431. The SMILES string of the molecule is C[C@@H](C(=O)Nc1ccc(F)cc1)[NH+]1CCN(c2ccc(Cl)cc2[N+](=O)[O-])CC1. The predicted octanol–water partition coefficient (Wildman–Crippen LogP) is 2.12. The average Bonchev–Trinajstić information content (AvgIpc) is 2.69. The van der Waals surface area contributed by atoms with Crippen molar-refractivity contribution >= 4 is 34.6 Å². The smallest absolute Gasteiger partial charge is 0.294 e. The quantitative estimate of drug-likeness (QED) is 0.587. The van der Waals surface area contributed by atoms with Crippen LogP contribution in [-0.4, -0.2) is 43.1 Å². The third-order valence-electron chi connectivity index (χ3n) is 5.00. The second kappa shape index (κ2) is 8.53. The Hall–Kier alpha value is -2.71. The van der Waals surface area contributed by atoms with Crippen LogP contribution >= 0.6 is 11.6 Å². The van der Waals surface area contributed by atoms with Gasteiger partial charge in [-0.1, -0.05) is 11.6 Å². The number of benzene rings is 2. The number of nitro groups is 1. The molecule has 148 valence electrons. The molecule has 0 radical (unpaired) electrons. The lowest BCUT2D eigenvalue weighted by Gasteiger charge is -2.35. The number of carbonyl (C=O) groups is 1. The summed E-state index contributed by atoms with van der Waals surface area (Å²) in [5.74, 6) is -0.503. The first kappa shape index (κ1) is 20.0. The maximum absolute atomic E-state index is 13.0. The van der Waals surface area contributed by atoms with Gasteiger partial charge in [0.25, 0.3) is 11.6 Å². The number of quaternary nitrogens is 1. The molecule has 9 heteroatoms. The number of nitrogens with zero attached hydrogens (tertiary/aromatic N) is 2. The van der Waals surface area contributed by atoms with Crippen molar-refractivity contribution in [1.29, 1.82) is 0 Å². The van der Waals surface area contributed by atoms with Gasteiger partial charge >= 0.3 is 0 Å². The molecule has 0 bridgehead atoms. The van der Waals surface area contributed by atoms with E-state index >= 15 is 0 Å². The second-order valence-electron chi connectivity index (χ2n) is 6.75. The third-order valence-corrected chi connectivity index (χ3v) is 5.23. The Morgan fingerprint density at radius 1 is 1.25 bits per heavy atom. The molecule has 0 spiro atoms. The van der Waals surface area contributed by atoms with E-state index in [2.05, 4.69) is 5.32 Å². The molecule has 1 aliphatic rings. The fourth-order valence-corrected chi connectivity index (χ4v) is 3.51. The highest BCUT2D eigenvalue weighted by atomic mass is 35.5. The van der Waals surface area contributed by atoms with E-state index in [-0.39, 0.29) is 23.5 Å². The fourth-order valence-electron chi connectivity index (χ4n) is 3.35. The molecular formula is C19H21ClFN4O3+. The highest BCUT2D eigenvalue weighted by Gasteiger charge is 2.31. The van der Waals surface area contributed by atoms with Crippen LogP contribution in [0, 0.1) is 15.9 Å². The van der Waals surface area contributed by atoms with Crippen LogP contribution in [0.25, 0.3) is 0 Å². The molecule has 1 aliphatic heterocycles. The summed E-state index contributed by atoms with van der Waals surface area (Å²) in [6.07, 6.45) is 0. The van der Waals surface area contributed by atoms with E-state index in [1.165, 1.54) is 30.3 Å². The van der Waals surface area contributed by atoms with Crippen molar-refractivity contribution in [3.8, 4) is 0 Å². The lowest BCUT2D eigenvalue weighted by molar-refractivity contribution is -0.914. The number of hydrogen-bond donors (Lipinski definition) is 2. The molecule has 7 nitrogen and oxygen atoms in total. The van der Waals surface area contributed by atoms with Crippen LogP contribution in [0.4, 0.5) is 21.5 Å². The van der Waals surface area contributed by atoms with Crippen molar-refractivity contribution in [1.82, 2.24) is 0 Å². The molecule has 2 aromatic rings. The van der Waals surface area contributed by atoms with Crippen LogP contribution in [0.2, 0.25) is 5.02 Å². The van der Waals surface area contributed by atoms with E-state index in [0.717, 1.165) is 4.90 Å². The number of rotatable bonds is 5. The number of amides is 1. The molecule has 0 saturated carbocycles. The van der Waals surface area contributed by atoms with Gasteiger partial charge < -0.3 is 15.1 Å². The van der Waals surface area contributed by atoms with Gasteiger partial charge in [-0.15, -0.1) is 0 Å². The molecule has 0 unspecified atom stereocenters. The summed E-state index contributed by atoms with van der Waals surface area (Å²) in [5.41, 5.74) is 1.07. The molecule has 1 fully saturated rings. The highest BCUT2D eigenvalue weighted by molar-refractivity contribution is 6.30. The zero-order valence-electron chi connectivity index (χ0n) is 15.3. The van der Waals surface area contributed by atoms with Crippen molar-refractivity contribution in [3.63, 3.8) is 0 Å². The number of nitro benzene ring substituents is 1. The third kappa shape index (κ3) is 4.58. The van der Waals surface area contributed by atoms with Crippen LogP contribution in [0.5, 0.6) is 0 Å². The van der Waals surface area contributed by atoms with Gasteiger partial charge in [-0.25, -0.2) is 4.39 Å². The van der Waals surface area contributed by atoms with E-state index in [1.807, 2.05) is 11.8 Å². The van der Waals surface area contributed by atoms with Crippen molar-refractivity contribution < 1.29 is 19.0 Å². The van der Waals surface area contributed by atoms with Gasteiger partial charge in [-0.2, -0.15) is 0 Å². The Bertz CT molecular complexity index is 870. The van der Waals surface area contributed by atoms with Gasteiger partial charge in [0.05, 0.1) is 31.1 Å². The van der Waals surface area contributed by atoms with Crippen molar-refractivity contribution in [2.75, 3.05) is 36.4 Å². The topological polar surface area (TPSA) is 79.9 Å². The molecule has 2 N–H and O–H groups in total. The second-order valence-corrected chi connectivity index (χ2v) is 7.19. The van der Waals surface area contributed by atoms with Crippen LogP contribution in [0.15, 0.2) is 42.5 Å². The molecular weight excluding hydrogens is 387 g/mol.